The summed E-state index contributed by atoms with van der Waals surface area (Å²) in [6.07, 6.45) is 1.05. The fourth-order valence-corrected chi connectivity index (χ4v) is 2.32. The maximum Gasteiger partial charge on any atom is 0.308 e. The molecule has 1 aliphatic heterocycles. The van der Waals surface area contributed by atoms with Gasteiger partial charge in [0.2, 0.25) is 0 Å². The Morgan fingerprint density at radius 3 is 2.68 bits per heavy atom. The first-order chi connectivity index (χ1) is 8.97. The van der Waals surface area contributed by atoms with Crippen LogP contribution in [0.5, 0.6) is 0 Å². The number of furan rings is 1. The van der Waals surface area contributed by atoms with Crippen LogP contribution in [-0.4, -0.2) is 41.0 Å². The summed E-state index contributed by atoms with van der Waals surface area (Å²) in [6.45, 7) is 0.459. The molecule has 0 saturated carbocycles. The smallest absolute Gasteiger partial charge is 0.308 e. The largest absolute Gasteiger partial charge is 0.481 e. The molecule has 0 spiro atoms. The van der Waals surface area contributed by atoms with Crippen molar-refractivity contribution in [3.8, 4) is 0 Å². The van der Waals surface area contributed by atoms with E-state index in [4.69, 9.17) is 26.9 Å². The van der Waals surface area contributed by atoms with Crippen LogP contribution in [0.25, 0.3) is 0 Å². The molecule has 0 unspecified atom stereocenters. The quantitative estimate of drug-likeness (QED) is 0.851. The fraction of sp³-hybridized carbons (Fsp3) is 0.500. The zero-order valence-electron chi connectivity index (χ0n) is 10.2. The number of carboxylic acid groups (broad SMARTS) is 1. The lowest BCUT2D eigenvalue weighted by Gasteiger charge is -2.23. The summed E-state index contributed by atoms with van der Waals surface area (Å²) in [7, 11) is 0. The van der Waals surface area contributed by atoms with Gasteiger partial charge in [-0.15, -0.1) is 0 Å². The molecule has 6 nitrogen and oxygen atoms in total. The average Bonchev–Trinajstić information content (AvgIpc) is 2.67. The number of carboxylic acids is 1. The maximum absolute atomic E-state index is 12.2. The number of carbonyl (C=O) groups excluding carboxylic acids is 1. The molecule has 0 aliphatic carbocycles. The third-order valence-corrected chi connectivity index (χ3v) is 3.41. The Labute approximate surface area is 115 Å². The van der Waals surface area contributed by atoms with Gasteiger partial charge in [-0.05, 0) is 36.6 Å². The van der Waals surface area contributed by atoms with E-state index in [1.807, 2.05) is 0 Å². The molecule has 2 heterocycles. The molecule has 1 saturated heterocycles. The number of rotatable bonds is 2. The highest BCUT2D eigenvalue weighted by molar-refractivity contribution is 6.29. The maximum atomic E-state index is 12.2. The Hall–Kier alpha value is -1.53. The van der Waals surface area contributed by atoms with Gasteiger partial charge in [0.15, 0.2) is 11.0 Å². The van der Waals surface area contributed by atoms with E-state index < -0.39 is 11.9 Å². The van der Waals surface area contributed by atoms with E-state index in [9.17, 15) is 9.59 Å². The van der Waals surface area contributed by atoms with E-state index in [-0.39, 0.29) is 29.5 Å². The first kappa shape index (κ1) is 13.9. The second-order valence-corrected chi connectivity index (χ2v) is 5.06. The highest BCUT2D eigenvalue weighted by Gasteiger charge is 2.30. The predicted octanol–water partition coefficient (Wildman–Crippen LogP) is 1.20. The van der Waals surface area contributed by atoms with Crippen LogP contribution in [0.15, 0.2) is 16.5 Å². The number of aliphatic carboxylic acids is 1. The van der Waals surface area contributed by atoms with Gasteiger partial charge in [0, 0.05) is 19.1 Å². The normalized spacial score (nSPS) is 24.0. The van der Waals surface area contributed by atoms with Gasteiger partial charge >= 0.3 is 5.97 Å². The van der Waals surface area contributed by atoms with E-state index in [1.165, 1.54) is 17.0 Å². The number of amides is 1. The summed E-state index contributed by atoms with van der Waals surface area (Å²) in [6, 6.07) is 2.72. The number of carbonyl (C=O) groups is 2. The Morgan fingerprint density at radius 1 is 1.37 bits per heavy atom. The highest BCUT2D eigenvalue weighted by atomic mass is 35.5. The topological polar surface area (TPSA) is 96.8 Å². The van der Waals surface area contributed by atoms with Crippen molar-refractivity contribution in [1.29, 1.82) is 0 Å². The highest BCUT2D eigenvalue weighted by Crippen LogP contribution is 2.20. The van der Waals surface area contributed by atoms with Gasteiger partial charge < -0.3 is 20.2 Å². The van der Waals surface area contributed by atoms with Crippen LogP contribution in [0, 0.1) is 5.92 Å². The molecule has 2 atom stereocenters. The van der Waals surface area contributed by atoms with Crippen LogP contribution >= 0.6 is 11.6 Å². The van der Waals surface area contributed by atoms with E-state index in [1.54, 1.807) is 0 Å². The van der Waals surface area contributed by atoms with Gasteiger partial charge in [-0.1, -0.05) is 0 Å². The number of hydrogen-bond acceptors (Lipinski definition) is 4. The minimum absolute atomic E-state index is 0.100. The second kappa shape index (κ2) is 5.63. The summed E-state index contributed by atoms with van der Waals surface area (Å²) in [5, 5.41) is 9.22. The number of halogens is 1. The third kappa shape index (κ3) is 3.27. The molecule has 0 bridgehead atoms. The van der Waals surface area contributed by atoms with Crippen molar-refractivity contribution in [3.63, 3.8) is 0 Å². The van der Waals surface area contributed by atoms with Gasteiger partial charge in [-0.25, -0.2) is 0 Å². The predicted molar refractivity (Wildman–Crippen MR) is 68.0 cm³/mol. The summed E-state index contributed by atoms with van der Waals surface area (Å²) >= 11 is 5.63. The van der Waals surface area contributed by atoms with E-state index >= 15 is 0 Å². The Bertz CT molecular complexity index is 488. The molecule has 1 amide bonds. The van der Waals surface area contributed by atoms with Gasteiger partial charge in [-0.2, -0.15) is 0 Å². The number of likely N-dealkylation sites (tertiary alicyclic amines) is 1. The minimum atomic E-state index is -0.913. The van der Waals surface area contributed by atoms with Crippen molar-refractivity contribution in [2.24, 2.45) is 11.7 Å². The first-order valence-electron chi connectivity index (χ1n) is 6.00. The molecular formula is C12H15ClN2O4. The Morgan fingerprint density at radius 2 is 2.11 bits per heavy atom. The number of nitrogens with zero attached hydrogens (tertiary/aromatic N) is 1. The van der Waals surface area contributed by atoms with Crippen LogP contribution in [0.3, 0.4) is 0 Å². The molecule has 19 heavy (non-hydrogen) atoms. The van der Waals surface area contributed by atoms with Crippen LogP contribution in [0.2, 0.25) is 5.22 Å². The monoisotopic (exact) mass is 286 g/mol. The zero-order valence-corrected chi connectivity index (χ0v) is 11.0. The molecule has 1 aromatic heterocycles. The zero-order chi connectivity index (χ0) is 14.0. The summed E-state index contributed by atoms with van der Waals surface area (Å²) < 4.78 is 5.06. The summed E-state index contributed by atoms with van der Waals surface area (Å²) in [5.41, 5.74) is 5.87. The van der Waals surface area contributed by atoms with Crippen molar-refractivity contribution in [1.82, 2.24) is 4.90 Å². The molecule has 1 aliphatic rings. The van der Waals surface area contributed by atoms with Crippen LogP contribution in [-0.2, 0) is 4.79 Å². The molecule has 3 N–H and O–H groups in total. The SMILES string of the molecule is N[C@@H]1CC[C@H](C(=O)O)CN(C(=O)c2ccc(Cl)o2)C1. The standard InChI is InChI=1S/C12H15ClN2O4/c13-10-4-3-9(19-10)11(16)15-5-7(12(17)18)1-2-8(14)6-15/h3-4,7-8H,1-2,5-6,14H2,(H,17,18)/t7-,8+/m0/s1. The summed E-state index contributed by atoms with van der Waals surface area (Å²) in [4.78, 5) is 24.7. The molecule has 7 heteroatoms. The van der Waals surface area contributed by atoms with Crippen molar-refractivity contribution in [2.45, 2.75) is 18.9 Å². The minimum Gasteiger partial charge on any atom is -0.481 e. The average molecular weight is 287 g/mol. The lowest BCUT2D eigenvalue weighted by Crippen LogP contribution is -2.41. The fourth-order valence-electron chi connectivity index (χ4n) is 2.17. The third-order valence-electron chi connectivity index (χ3n) is 3.20. The molecule has 104 valence electrons. The van der Waals surface area contributed by atoms with E-state index in [0.29, 0.717) is 19.4 Å². The molecule has 0 aromatic carbocycles. The molecule has 1 aromatic rings. The molecule has 0 radical (unpaired) electrons. The number of hydrogen-bond donors (Lipinski definition) is 2. The van der Waals surface area contributed by atoms with Gasteiger partial charge in [0.1, 0.15) is 0 Å². The Balaban J connectivity index is 2.16. The molecule has 2 rings (SSSR count). The van der Waals surface area contributed by atoms with Crippen LogP contribution < -0.4 is 5.73 Å². The van der Waals surface area contributed by atoms with E-state index in [0.717, 1.165) is 0 Å². The van der Waals surface area contributed by atoms with E-state index in [2.05, 4.69) is 0 Å². The Kier molecular flexibility index (Phi) is 4.11. The summed E-state index contributed by atoms with van der Waals surface area (Å²) in [5.74, 6) is -1.79. The number of nitrogens with two attached hydrogens (primary N) is 1. The lowest BCUT2D eigenvalue weighted by atomic mass is 10.0. The van der Waals surface area contributed by atoms with Gasteiger partial charge in [0.05, 0.1) is 5.92 Å². The molecular weight excluding hydrogens is 272 g/mol. The van der Waals surface area contributed by atoms with Crippen molar-refractivity contribution in [3.05, 3.63) is 23.1 Å². The van der Waals surface area contributed by atoms with Crippen LogP contribution in [0.1, 0.15) is 23.4 Å². The van der Waals surface area contributed by atoms with Crippen molar-refractivity contribution >= 4 is 23.5 Å². The van der Waals surface area contributed by atoms with Crippen molar-refractivity contribution < 1.29 is 19.1 Å². The van der Waals surface area contributed by atoms with Gasteiger partial charge in [-0.3, -0.25) is 9.59 Å². The van der Waals surface area contributed by atoms with Crippen molar-refractivity contribution in [2.75, 3.05) is 13.1 Å². The van der Waals surface area contributed by atoms with Crippen LogP contribution in [0.4, 0.5) is 0 Å². The van der Waals surface area contributed by atoms with Gasteiger partial charge in [0.25, 0.3) is 5.91 Å². The first-order valence-corrected chi connectivity index (χ1v) is 6.38. The lowest BCUT2D eigenvalue weighted by molar-refractivity contribution is -0.142. The molecule has 1 fully saturated rings. The second-order valence-electron chi connectivity index (χ2n) is 4.69.